The Kier molecular flexibility index (Phi) is 4.35. The lowest BCUT2D eigenvalue weighted by Gasteiger charge is -2.18. The van der Waals surface area contributed by atoms with E-state index in [4.69, 9.17) is 0 Å². The van der Waals surface area contributed by atoms with Crippen LogP contribution in [0.2, 0.25) is 0 Å². The van der Waals surface area contributed by atoms with Gasteiger partial charge in [0.05, 0.1) is 0 Å². The van der Waals surface area contributed by atoms with Gasteiger partial charge in [0, 0.05) is 19.2 Å². The molecule has 1 aromatic rings. The van der Waals surface area contributed by atoms with Gasteiger partial charge in [0.15, 0.2) is 0 Å². The van der Waals surface area contributed by atoms with Crippen molar-refractivity contribution >= 4 is 5.91 Å². The van der Waals surface area contributed by atoms with Gasteiger partial charge >= 0.3 is 0 Å². The Balaban J connectivity index is 2.63. The molecular formula is C13H19NO2. The van der Waals surface area contributed by atoms with Crippen molar-refractivity contribution in [2.45, 2.75) is 20.3 Å². The SMILES string of the molecule is CC(C)CCN(C)C(=O)c1cccc(O)c1. The van der Waals surface area contributed by atoms with E-state index in [9.17, 15) is 9.90 Å². The topological polar surface area (TPSA) is 40.5 Å². The van der Waals surface area contributed by atoms with E-state index in [2.05, 4.69) is 13.8 Å². The number of phenols is 1. The van der Waals surface area contributed by atoms with E-state index in [1.165, 1.54) is 6.07 Å². The van der Waals surface area contributed by atoms with Gasteiger partial charge in [-0.15, -0.1) is 0 Å². The van der Waals surface area contributed by atoms with Gasteiger partial charge in [-0.05, 0) is 30.5 Å². The van der Waals surface area contributed by atoms with Crippen LogP contribution in [-0.2, 0) is 0 Å². The fourth-order valence-corrected chi connectivity index (χ4v) is 1.41. The highest BCUT2D eigenvalue weighted by atomic mass is 16.3. The molecule has 0 saturated heterocycles. The summed E-state index contributed by atoms with van der Waals surface area (Å²) < 4.78 is 0. The molecule has 0 heterocycles. The number of hydrogen-bond acceptors (Lipinski definition) is 2. The van der Waals surface area contributed by atoms with Gasteiger partial charge in [0.2, 0.25) is 0 Å². The third kappa shape index (κ3) is 3.57. The number of aromatic hydroxyl groups is 1. The average molecular weight is 221 g/mol. The molecule has 0 fully saturated rings. The third-order valence-electron chi connectivity index (χ3n) is 2.48. The molecule has 1 rings (SSSR count). The summed E-state index contributed by atoms with van der Waals surface area (Å²) in [5, 5.41) is 9.29. The Morgan fingerprint density at radius 1 is 1.44 bits per heavy atom. The van der Waals surface area contributed by atoms with Crippen LogP contribution < -0.4 is 0 Å². The van der Waals surface area contributed by atoms with Crippen LogP contribution in [0, 0.1) is 5.92 Å². The normalized spacial score (nSPS) is 10.5. The number of benzene rings is 1. The second kappa shape index (κ2) is 5.54. The second-order valence-corrected chi connectivity index (χ2v) is 4.46. The zero-order valence-electron chi connectivity index (χ0n) is 10.1. The highest BCUT2D eigenvalue weighted by Crippen LogP contribution is 2.13. The Hall–Kier alpha value is -1.51. The van der Waals surface area contributed by atoms with Crippen LogP contribution in [0.25, 0.3) is 0 Å². The number of hydrogen-bond donors (Lipinski definition) is 1. The van der Waals surface area contributed by atoms with Gasteiger partial charge in [-0.2, -0.15) is 0 Å². The average Bonchev–Trinajstić information content (AvgIpc) is 2.24. The molecule has 0 radical (unpaired) electrons. The van der Waals surface area contributed by atoms with E-state index in [1.54, 1.807) is 30.1 Å². The molecule has 0 aliphatic carbocycles. The standard InChI is InChI=1S/C13H19NO2/c1-10(2)7-8-14(3)13(16)11-5-4-6-12(15)9-11/h4-6,9-10,15H,7-8H2,1-3H3. The van der Waals surface area contributed by atoms with Gasteiger partial charge in [-0.1, -0.05) is 19.9 Å². The Morgan fingerprint density at radius 2 is 2.12 bits per heavy atom. The van der Waals surface area contributed by atoms with Crippen LogP contribution in [0.5, 0.6) is 5.75 Å². The molecule has 0 atom stereocenters. The number of carbonyl (C=O) groups excluding carboxylic acids is 1. The maximum absolute atomic E-state index is 11.9. The van der Waals surface area contributed by atoms with E-state index < -0.39 is 0 Å². The van der Waals surface area contributed by atoms with E-state index in [0.29, 0.717) is 11.5 Å². The molecule has 1 N–H and O–H groups in total. The van der Waals surface area contributed by atoms with Gasteiger partial charge in [0.25, 0.3) is 5.91 Å². The van der Waals surface area contributed by atoms with Crippen molar-refractivity contribution in [2.24, 2.45) is 5.92 Å². The van der Waals surface area contributed by atoms with Crippen LogP contribution in [0.4, 0.5) is 0 Å². The van der Waals surface area contributed by atoms with Crippen LogP contribution in [-0.4, -0.2) is 29.5 Å². The molecule has 0 aromatic heterocycles. The molecule has 0 saturated carbocycles. The number of phenolic OH excluding ortho intramolecular Hbond substituents is 1. The Bertz CT molecular complexity index is 361. The number of nitrogens with zero attached hydrogens (tertiary/aromatic N) is 1. The van der Waals surface area contributed by atoms with E-state index in [0.717, 1.165) is 13.0 Å². The molecule has 16 heavy (non-hydrogen) atoms. The first-order valence-electron chi connectivity index (χ1n) is 5.55. The van der Waals surface area contributed by atoms with Crippen LogP contribution in [0.3, 0.4) is 0 Å². The first-order chi connectivity index (χ1) is 7.50. The summed E-state index contributed by atoms with van der Waals surface area (Å²) in [5.74, 6) is 0.666. The highest BCUT2D eigenvalue weighted by Gasteiger charge is 2.11. The molecule has 0 bridgehead atoms. The van der Waals surface area contributed by atoms with Crippen LogP contribution in [0.15, 0.2) is 24.3 Å². The van der Waals surface area contributed by atoms with Crippen molar-refractivity contribution in [2.75, 3.05) is 13.6 Å². The van der Waals surface area contributed by atoms with E-state index in [1.807, 2.05) is 0 Å². The maximum atomic E-state index is 11.9. The van der Waals surface area contributed by atoms with Crippen LogP contribution in [0.1, 0.15) is 30.6 Å². The van der Waals surface area contributed by atoms with Crippen molar-refractivity contribution in [1.82, 2.24) is 4.90 Å². The van der Waals surface area contributed by atoms with Crippen molar-refractivity contribution in [1.29, 1.82) is 0 Å². The lowest BCUT2D eigenvalue weighted by Crippen LogP contribution is -2.28. The molecule has 88 valence electrons. The summed E-state index contributed by atoms with van der Waals surface area (Å²) in [6.45, 7) is 5.01. The first-order valence-corrected chi connectivity index (χ1v) is 5.55. The zero-order valence-corrected chi connectivity index (χ0v) is 10.1. The Labute approximate surface area is 96.7 Å². The highest BCUT2D eigenvalue weighted by molar-refractivity contribution is 5.94. The molecule has 0 unspecified atom stereocenters. The quantitative estimate of drug-likeness (QED) is 0.848. The van der Waals surface area contributed by atoms with Gasteiger partial charge in [-0.3, -0.25) is 4.79 Å². The smallest absolute Gasteiger partial charge is 0.253 e. The lowest BCUT2D eigenvalue weighted by molar-refractivity contribution is 0.0789. The first kappa shape index (κ1) is 12.6. The summed E-state index contributed by atoms with van der Waals surface area (Å²) in [6.07, 6.45) is 0.987. The minimum Gasteiger partial charge on any atom is -0.508 e. The minimum atomic E-state index is -0.0449. The maximum Gasteiger partial charge on any atom is 0.253 e. The fourth-order valence-electron chi connectivity index (χ4n) is 1.41. The molecular weight excluding hydrogens is 202 g/mol. The molecule has 1 amide bonds. The fraction of sp³-hybridized carbons (Fsp3) is 0.462. The predicted octanol–water partition coefficient (Wildman–Crippen LogP) is 2.51. The largest absolute Gasteiger partial charge is 0.508 e. The molecule has 3 heteroatoms. The predicted molar refractivity (Wildman–Crippen MR) is 64.5 cm³/mol. The van der Waals surface area contributed by atoms with Crippen molar-refractivity contribution in [3.63, 3.8) is 0 Å². The van der Waals surface area contributed by atoms with Gasteiger partial charge < -0.3 is 10.0 Å². The summed E-state index contributed by atoms with van der Waals surface area (Å²) in [7, 11) is 1.79. The summed E-state index contributed by atoms with van der Waals surface area (Å²) in [6, 6.07) is 6.45. The van der Waals surface area contributed by atoms with Crippen molar-refractivity contribution in [3.05, 3.63) is 29.8 Å². The third-order valence-corrected chi connectivity index (χ3v) is 2.48. The number of rotatable bonds is 4. The molecule has 3 nitrogen and oxygen atoms in total. The van der Waals surface area contributed by atoms with Gasteiger partial charge in [-0.25, -0.2) is 0 Å². The second-order valence-electron chi connectivity index (χ2n) is 4.46. The van der Waals surface area contributed by atoms with E-state index >= 15 is 0 Å². The molecule has 0 aliphatic rings. The van der Waals surface area contributed by atoms with Gasteiger partial charge in [0.1, 0.15) is 5.75 Å². The molecule has 0 aliphatic heterocycles. The summed E-state index contributed by atoms with van der Waals surface area (Å²) in [4.78, 5) is 13.6. The number of amides is 1. The number of carbonyl (C=O) groups is 1. The summed E-state index contributed by atoms with van der Waals surface area (Å²) >= 11 is 0. The van der Waals surface area contributed by atoms with Crippen molar-refractivity contribution in [3.8, 4) is 5.75 Å². The lowest BCUT2D eigenvalue weighted by atomic mass is 10.1. The van der Waals surface area contributed by atoms with E-state index in [-0.39, 0.29) is 11.7 Å². The summed E-state index contributed by atoms with van der Waals surface area (Å²) in [5.41, 5.74) is 0.534. The van der Waals surface area contributed by atoms with Crippen LogP contribution >= 0.6 is 0 Å². The zero-order chi connectivity index (χ0) is 12.1. The molecule has 1 aromatic carbocycles. The Morgan fingerprint density at radius 3 is 2.69 bits per heavy atom. The monoisotopic (exact) mass is 221 g/mol. The minimum absolute atomic E-state index is 0.0449. The van der Waals surface area contributed by atoms with Crippen molar-refractivity contribution < 1.29 is 9.90 Å². The molecule has 0 spiro atoms.